The monoisotopic (exact) mass is 743 g/mol. The number of para-hydroxylation sites is 1. The molecule has 7 aromatic rings. The van der Waals surface area contributed by atoms with Gasteiger partial charge in [-0.2, -0.15) is 0 Å². The zero-order valence-electron chi connectivity index (χ0n) is 31.7. The Hall–Kier alpha value is -6.92. The number of nitrogens with zero attached hydrogens (tertiary/aromatic N) is 4. The van der Waals surface area contributed by atoms with Crippen molar-refractivity contribution in [2.24, 2.45) is 0 Å². The summed E-state index contributed by atoms with van der Waals surface area (Å²) in [5, 5.41) is 9.03. The highest BCUT2D eigenvalue weighted by Gasteiger charge is 2.44. The number of anilines is 1. The molecular formula is C47H42FN5O3. The number of benzene rings is 6. The molecule has 0 saturated carbocycles. The maximum absolute atomic E-state index is 17.3. The van der Waals surface area contributed by atoms with Gasteiger partial charge in [0.25, 0.3) is 0 Å². The second-order valence-corrected chi connectivity index (χ2v) is 13.4. The van der Waals surface area contributed by atoms with E-state index in [0.29, 0.717) is 46.7 Å². The van der Waals surface area contributed by atoms with Gasteiger partial charge in [-0.15, -0.1) is 5.10 Å². The predicted molar refractivity (Wildman–Crippen MR) is 218 cm³/mol. The summed E-state index contributed by atoms with van der Waals surface area (Å²) in [6.45, 7) is 13.5. The van der Waals surface area contributed by atoms with E-state index in [0.717, 1.165) is 16.7 Å². The lowest BCUT2D eigenvalue weighted by Gasteiger charge is -2.38. The molecule has 1 aromatic heterocycles. The Bertz CT molecular complexity index is 2330. The van der Waals surface area contributed by atoms with Crippen molar-refractivity contribution in [3.8, 4) is 28.6 Å². The Labute approximate surface area is 327 Å². The van der Waals surface area contributed by atoms with E-state index in [1.54, 1.807) is 43.5 Å². The van der Waals surface area contributed by atoms with E-state index in [-0.39, 0.29) is 17.4 Å². The molecule has 280 valence electrons. The molecule has 0 aliphatic rings. The number of hydrogen-bond donors (Lipinski definition) is 1. The minimum atomic E-state index is -1.13. The van der Waals surface area contributed by atoms with E-state index >= 15 is 4.39 Å². The Morgan fingerprint density at radius 2 is 1.34 bits per heavy atom. The van der Waals surface area contributed by atoms with Crippen LogP contribution in [0.25, 0.3) is 16.2 Å². The average molecular weight is 744 g/mol. The zero-order chi connectivity index (χ0) is 39.1. The molecule has 1 N–H and O–H groups in total. The molecule has 0 aliphatic carbocycles. The predicted octanol–water partition coefficient (Wildman–Crippen LogP) is 10.9. The van der Waals surface area contributed by atoms with Crippen LogP contribution in [0.1, 0.15) is 54.9 Å². The molecular weight excluding hydrogens is 702 g/mol. The van der Waals surface area contributed by atoms with Gasteiger partial charge >= 0.3 is 0 Å². The summed E-state index contributed by atoms with van der Waals surface area (Å²) in [4.78, 5) is 8.94. The summed E-state index contributed by atoms with van der Waals surface area (Å²) in [6, 6.07) is 47.3. The van der Waals surface area contributed by atoms with Gasteiger partial charge in [0.2, 0.25) is 0 Å². The van der Waals surface area contributed by atoms with Gasteiger partial charge < -0.3 is 19.5 Å². The van der Waals surface area contributed by atoms with Crippen molar-refractivity contribution in [2.75, 3.05) is 19.0 Å². The molecule has 56 heavy (non-hydrogen) atoms. The topological polar surface area (TPSA) is 74.8 Å². The summed E-state index contributed by atoms with van der Waals surface area (Å²) in [5.41, 5.74) is 3.57. The Morgan fingerprint density at radius 1 is 0.768 bits per heavy atom. The highest BCUT2D eigenvalue weighted by atomic mass is 19.1. The van der Waals surface area contributed by atoms with Crippen molar-refractivity contribution in [1.82, 2.24) is 14.8 Å². The van der Waals surface area contributed by atoms with Crippen molar-refractivity contribution in [3.63, 3.8) is 0 Å². The van der Waals surface area contributed by atoms with Crippen LogP contribution in [-0.2, 0) is 5.54 Å². The van der Waals surface area contributed by atoms with Crippen LogP contribution in [0, 0.1) is 12.4 Å². The van der Waals surface area contributed by atoms with E-state index in [1.807, 2.05) is 104 Å². The molecule has 0 aliphatic heterocycles. The molecule has 8 nitrogen and oxygen atoms in total. The molecule has 0 bridgehead atoms. The number of ether oxygens (including phenoxy) is 3. The normalized spacial score (nSPS) is 11.8. The fraction of sp³-hybridized carbons (Fsp3) is 0.170. The smallest absolute Gasteiger partial charge is 0.187 e. The van der Waals surface area contributed by atoms with E-state index in [4.69, 9.17) is 30.9 Å². The molecule has 0 saturated heterocycles. The van der Waals surface area contributed by atoms with Gasteiger partial charge in [-0.1, -0.05) is 115 Å². The van der Waals surface area contributed by atoms with Gasteiger partial charge in [-0.25, -0.2) is 18.9 Å². The van der Waals surface area contributed by atoms with Crippen molar-refractivity contribution in [3.05, 3.63) is 197 Å². The summed E-state index contributed by atoms with van der Waals surface area (Å²) >= 11 is 0. The van der Waals surface area contributed by atoms with E-state index in [9.17, 15) is 0 Å². The molecule has 1 unspecified atom stereocenters. The van der Waals surface area contributed by atoms with Crippen LogP contribution < -0.4 is 19.5 Å². The van der Waals surface area contributed by atoms with Crippen LogP contribution in [0.4, 0.5) is 15.8 Å². The molecule has 9 heteroatoms. The Balaban J connectivity index is 1.64. The molecule has 0 radical (unpaired) electrons. The largest absolute Gasteiger partial charge is 0.496 e. The molecule has 0 amide bonds. The molecule has 7 rings (SSSR count). The minimum Gasteiger partial charge on any atom is -0.496 e. The van der Waals surface area contributed by atoms with Crippen molar-refractivity contribution in [1.29, 1.82) is 0 Å². The number of nitrogens with one attached hydrogen (secondary N) is 1. The lowest BCUT2D eigenvalue weighted by atomic mass is 9.77. The quantitative estimate of drug-likeness (QED) is 0.0883. The van der Waals surface area contributed by atoms with Gasteiger partial charge in [0.15, 0.2) is 28.9 Å². The fourth-order valence-corrected chi connectivity index (χ4v) is 7.08. The second-order valence-electron chi connectivity index (χ2n) is 13.4. The summed E-state index contributed by atoms with van der Waals surface area (Å²) in [6.07, 6.45) is -0.315. The van der Waals surface area contributed by atoms with Crippen LogP contribution in [0.15, 0.2) is 152 Å². The van der Waals surface area contributed by atoms with Crippen LogP contribution in [-0.4, -0.2) is 34.6 Å². The van der Waals surface area contributed by atoms with Crippen molar-refractivity contribution in [2.45, 2.75) is 38.5 Å². The highest BCUT2D eigenvalue weighted by molar-refractivity contribution is 5.65. The van der Waals surface area contributed by atoms with Gasteiger partial charge in [0, 0.05) is 17.3 Å². The molecule has 0 spiro atoms. The van der Waals surface area contributed by atoms with Crippen molar-refractivity contribution < 1.29 is 18.6 Å². The summed E-state index contributed by atoms with van der Waals surface area (Å²) in [7, 11) is 1.61. The van der Waals surface area contributed by atoms with Crippen LogP contribution in [0.2, 0.25) is 0 Å². The third-order valence-corrected chi connectivity index (χ3v) is 9.46. The van der Waals surface area contributed by atoms with Crippen LogP contribution in [0.5, 0.6) is 17.2 Å². The molecule has 0 fully saturated rings. The maximum Gasteiger partial charge on any atom is 0.187 e. The fourth-order valence-electron chi connectivity index (χ4n) is 7.08. The average Bonchev–Trinajstić information content (AvgIpc) is 3.68. The van der Waals surface area contributed by atoms with Gasteiger partial charge in [0.1, 0.15) is 23.1 Å². The van der Waals surface area contributed by atoms with Crippen LogP contribution in [0.3, 0.4) is 0 Å². The third-order valence-electron chi connectivity index (χ3n) is 9.46. The standard InChI is InChI=1S/C47H42FN5O3/c1-6-55-38-30-40(43(48)42(31-38)56-32(2)3)44(50-37-28-26-36(49-4)27-29-37)46-51-45(39-24-16-17-25-41(39)54-5)52-53(46)47(33-18-10-7-11-19-33,34-20-12-8-13-21-34)35-22-14-9-15-23-35/h7-32,44,50H,6H2,1-3,5H3. The minimum absolute atomic E-state index is 0.0487. The molecule has 1 atom stereocenters. The van der Waals surface area contributed by atoms with Gasteiger partial charge in [-0.3, -0.25) is 0 Å². The second kappa shape index (κ2) is 16.6. The SMILES string of the molecule is [C-]#[N+]c1ccc(NC(c2cc(OCC)cc(OC(C)C)c2F)c2nc(-c3ccccc3OC)nn2C(c2ccccc2)(c2ccccc2)c2ccccc2)cc1. The number of halogens is 1. The van der Waals surface area contributed by atoms with Gasteiger partial charge in [-0.05, 0) is 67.8 Å². The lowest BCUT2D eigenvalue weighted by Crippen LogP contribution is -2.41. The number of methoxy groups -OCH3 is 1. The first-order valence-electron chi connectivity index (χ1n) is 18.5. The first-order valence-corrected chi connectivity index (χ1v) is 18.5. The first kappa shape index (κ1) is 37.4. The zero-order valence-corrected chi connectivity index (χ0v) is 31.7. The van der Waals surface area contributed by atoms with E-state index in [2.05, 4.69) is 46.6 Å². The van der Waals surface area contributed by atoms with Crippen molar-refractivity contribution >= 4 is 11.4 Å². The molecule has 1 heterocycles. The first-order chi connectivity index (χ1) is 27.4. The third kappa shape index (κ3) is 7.29. The van der Waals surface area contributed by atoms with E-state index in [1.165, 1.54) is 0 Å². The number of aromatic nitrogens is 3. The summed E-state index contributed by atoms with van der Waals surface area (Å²) in [5.74, 6) is 1.26. The molecule has 6 aromatic carbocycles. The maximum atomic E-state index is 17.3. The van der Waals surface area contributed by atoms with Gasteiger partial charge in [0.05, 0.1) is 32.0 Å². The Kier molecular flexibility index (Phi) is 11.1. The lowest BCUT2D eigenvalue weighted by molar-refractivity contribution is 0.228. The number of hydrogen-bond acceptors (Lipinski definition) is 6. The summed E-state index contributed by atoms with van der Waals surface area (Å²) < 4.78 is 37.2. The Morgan fingerprint density at radius 3 is 1.88 bits per heavy atom. The van der Waals surface area contributed by atoms with E-state index < -0.39 is 17.4 Å². The van der Waals surface area contributed by atoms with Crippen LogP contribution >= 0.6 is 0 Å². The number of rotatable bonds is 14. The highest BCUT2D eigenvalue weighted by Crippen LogP contribution is 2.45.